The molecule has 0 saturated carbocycles. The largest absolute Gasteiger partial charge is 0.360 e. The molecule has 0 aliphatic carbocycles. The Morgan fingerprint density at radius 3 is 1.94 bits per heavy atom. The highest BCUT2D eigenvalue weighted by atomic mass is 16.2. The van der Waals surface area contributed by atoms with Crippen molar-refractivity contribution in [2.24, 2.45) is 16.3 Å². The first-order valence-electron chi connectivity index (χ1n) is 22.1. The number of carbonyl (C=O) groups is 6. The lowest BCUT2D eigenvalue weighted by Gasteiger charge is -2.40. The van der Waals surface area contributed by atoms with Gasteiger partial charge in [-0.3, -0.25) is 29.0 Å². The summed E-state index contributed by atoms with van der Waals surface area (Å²) in [5, 5.41) is 18.3. The molecule has 3 unspecified atom stereocenters. The van der Waals surface area contributed by atoms with E-state index in [1.54, 1.807) is 31.0 Å². The fraction of sp³-hybridized carbons (Fsp3) is 0.571. The van der Waals surface area contributed by atoms with Crippen LogP contribution in [0.25, 0.3) is 0 Å². The van der Waals surface area contributed by atoms with Crippen molar-refractivity contribution in [3.05, 3.63) is 71.3 Å². The molecular weight excluding hydrogens is 797 g/mol. The van der Waals surface area contributed by atoms with Crippen LogP contribution in [0.15, 0.2) is 65.2 Å². The number of unbranched alkanes of at least 4 members (excludes halogenated alkanes) is 1. The Morgan fingerprint density at radius 1 is 0.746 bits per heavy atom. The Kier molecular flexibility index (Phi) is 21.4. The summed E-state index contributed by atoms with van der Waals surface area (Å²) in [7, 11) is 5.41. The lowest BCUT2D eigenvalue weighted by atomic mass is 9.76. The van der Waals surface area contributed by atoms with Crippen molar-refractivity contribution in [3.63, 3.8) is 0 Å². The summed E-state index contributed by atoms with van der Waals surface area (Å²) in [6, 6.07) is 12.4. The monoisotopic (exact) mass is 873 g/mol. The number of amidine groups is 1. The molecule has 0 aromatic heterocycles. The Hall–Kier alpha value is -5.37. The maximum Gasteiger partial charge on any atom is 0.246 e. The zero-order valence-electron chi connectivity index (χ0n) is 40.4. The first-order valence-corrected chi connectivity index (χ1v) is 22.1. The summed E-state index contributed by atoms with van der Waals surface area (Å²) in [5.41, 5.74) is 3.28. The first-order chi connectivity index (χ1) is 29.4. The van der Waals surface area contributed by atoms with E-state index in [1.807, 2.05) is 105 Å². The van der Waals surface area contributed by atoms with Gasteiger partial charge in [0.25, 0.3) is 0 Å². The van der Waals surface area contributed by atoms with E-state index in [4.69, 9.17) is 0 Å². The van der Waals surface area contributed by atoms with Crippen LogP contribution in [0.1, 0.15) is 119 Å². The minimum atomic E-state index is -0.873. The van der Waals surface area contributed by atoms with Gasteiger partial charge in [-0.1, -0.05) is 84.4 Å². The predicted octanol–water partition coefficient (Wildman–Crippen LogP) is 6.31. The molecule has 4 atom stereocenters. The van der Waals surface area contributed by atoms with Gasteiger partial charge in [-0.25, -0.2) is 0 Å². The molecule has 63 heavy (non-hydrogen) atoms. The van der Waals surface area contributed by atoms with Gasteiger partial charge in [-0.15, -0.1) is 0 Å². The molecule has 2 aromatic carbocycles. The van der Waals surface area contributed by atoms with Crippen LogP contribution in [0.5, 0.6) is 0 Å². The summed E-state index contributed by atoms with van der Waals surface area (Å²) in [6.07, 6.45) is 4.52. The molecule has 2 rings (SSSR count). The Morgan fingerprint density at radius 2 is 1.38 bits per heavy atom. The summed E-state index contributed by atoms with van der Waals surface area (Å²) in [5.74, 6) is -0.810. The lowest BCUT2D eigenvalue weighted by molar-refractivity contribution is -0.133. The topological polar surface area (TPSA) is 190 Å². The normalized spacial score (nSPS) is 13.8. The van der Waals surface area contributed by atoms with Gasteiger partial charge in [0.2, 0.25) is 29.5 Å². The third-order valence-electron chi connectivity index (χ3n) is 11.0. The summed E-state index contributed by atoms with van der Waals surface area (Å²) in [4.78, 5) is 83.0. The number of likely N-dealkylation sites (N-methyl/N-ethyl adjacent to an activating group) is 2. The van der Waals surface area contributed by atoms with Gasteiger partial charge < -0.3 is 41.6 Å². The maximum atomic E-state index is 13.7. The van der Waals surface area contributed by atoms with Crippen LogP contribution in [-0.2, 0) is 40.6 Å². The van der Waals surface area contributed by atoms with Crippen LogP contribution in [-0.4, -0.2) is 97.9 Å². The molecule has 0 aliphatic rings. The number of nitrogens with zero attached hydrogens (tertiary/aromatic N) is 2. The summed E-state index contributed by atoms with van der Waals surface area (Å²) < 4.78 is 0. The number of aryl methyl sites for hydroxylation is 1. The van der Waals surface area contributed by atoms with Crippen molar-refractivity contribution < 1.29 is 28.8 Å². The van der Waals surface area contributed by atoms with Crippen molar-refractivity contribution in [2.45, 2.75) is 144 Å². The highest BCUT2D eigenvalue weighted by Crippen LogP contribution is 2.31. The Bertz CT molecular complexity index is 1930. The third kappa shape index (κ3) is 17.7. The number of benzene rings is 2. The number of carbonyl (C=O) groups excluding carboxylic acids is 6. The minimum Gasteiger partial charge on any atom is -0.360 e. The number of rotatable bonds is 23. The molecule has 0 aliphatic heterocycles. The molecule has 5 amide bonds. The zero-order valence-corrected chi connectivity index (χ0v) is 40.4. The summed E-state index contributed by atoms with van der Waals surface area (Å²) >= 11 is 0. The van der Waals surface area contributed by atoms with Crippen LogP contribution < -0.4 is 31.9 Å². The van der Waals surface area contributed by atoms with Crippen molar-refractivity contribution in [3.8, 4) is 0 Å². The van der Waals surface area contributed by atoms with E-state index < -0.39 is 40.8 Å². The van der Waals surface area contributed by atoms with Crippen LogP contribution in [0.4, 0.5) is 11.4 Å². The summed E-state index contributed by atoms with van der Waals surface area (Å²) in [6.45, 7) is 21.6. The number of aliphatic imine (C=N–C) groups is 1. The van der Waals surface area contributed by atoms with Gasteiger partial charge in [0.1, 0.15) is 29.7 Å². The second-order valence-corrected chi connectivity index (χ2v) is 18.7. The SMILES string of the molecule is C/N=C(/NC(C(=O)N(C)CC=C(C)C)C(C)(C)C)C(NC)C(C)(C)c1cccc(NC(=O)CCc2ccc(NC(=O)C(C)NC(=O)[C@@H](NC(=O)CCCCC(C)=O)C(C)C)cc2)c1. The molecule has 0 bridgehead atoms. The molecule has 0 radical (unpaired) electrons. The molecule has 0 fully saturated rings. The van der Waals surface area contributed by atoms with Gasteiger partial charge in [0.05, 0.1) is 6.04 Å². The van der Waals surface area contributed by atoms with Gasteiger partial charge >= 0.3 is 0 Å². The lowest BCUT2D eigenvalue weighted by Crippen LogP contribution is -2.60. The Balaban J connectivity index is 2.03. The van der Waals surface area contributed by atoms with E-state index in [0.29, 0.717) is 49.4 Å². The predicted molar refractivity (Wildman–Crippen MR) is 255 cm³/mol. The fourth-order valence-corrected chi connectivity index (χ4v) is 7.00. The molecular formula is C49H76N8O6. The van der Waals surface area contributed by atoms with Crippen LogP contribution in [0.3, 0.4) is 0 Å². The molecule has 0 saturated heterocycles. The van der Waals surface area contributed by atoms with Crippen molar-refractivity contribution in [2.75, 3.05) is 38.3 Å². The highest BCUT2D eigenvalue weighted by Gasteiger charge is 2.39. The van der Waals surface area contributed by atoms with Crippen LogP contribution >= 0.6 is 0 Å². The second kappa shape index (κ2) is 25.1. The molecule has 14 heteroatoms. The van der Waals surface area contributed by atoms with Crippen molar-refractivity contribution >= 4 is 52.5 Å². The third-order valence-corrected chi connectivity index (χ3v) is 11.0. The number of hydrogen-bond acceptors (Lipinski definition) is 8. The maximum absolute atomic E-state index is 13.7. The van der Waals surface area contributed by atoms with E-state index in [-0.39, 0.29) is 48.3 Å². The van der Waals surface area contributed by atoms with Gasteiger partial charge in [-0.2, -0.15) is 0 Å². The van der Waals surface area contributed by atoms with E-state index in [2.05, 4.69) is 50.7 Å². The van der Waals surface area contributed by atoms with E-state index in [1.165, 1.54) is 6.92 Å². The molecule has 0 heterocycles. The number of nitrogens with one attached hydrogen (secondary N) is 6. The number of hydrogen-bond donors (Lipinski definition) is 6. The molecule has 14 nitrogen and oxygen atoms in total. The molecule has 0 spiro atoms. The van der Waals surface area contributed by atoms with Crippen molar-refractivity contribution in [1.29, 1.82) is 0 Å². The van der Waals surface area contributed by atoms with Crippen molar-refractivity contribution in [1.82, 2.24) is 26.2 Å². The number of allylic oxidation sites excluding steroid dienone is 1. The number of anilines is 2. The number of ketones is 1. The number of amides is 5. The Labute approximate surface area is 376 Å². The van der Waals surface area contributed by atoms with Crippen LogP contribution in [0, 0.1) is 11.3 Å². The minimum absolute atomic E-state index is 0.0232. The van der Waals surface area contributed by atoms with Gasteiger partial charge in [-0.05, 0) is 101 Å². The van der Waals surface area contributed by atoms with E-state index in [9.17, 15) is 28.8 Å². The average molecular weight is 873 g/mol. The van der Waals surface area contributed by atoms with Gasteiger partial charge in [0.15, 0.2) is 0 Å². The average Bonchev–Trinajstić information content (AvgIpc) is 3.20. The van der Waals surface area contributed by atoms with Crippen LogP contribution in [0.2, 0.25) is 0 Å². The zero-order chi connectivity index (χ0) is 47.7. The molecule has 2 aromatic rings. The standard InChI is InChI=1S/C49H76N8O6/c1-31(2)28-29-57(14)47(63)43(48(7,8)9)56-44(51-13)42(50-12)49(10,11)36-19-17-20-38(30-36)53-40(60)27-24-35-22-25-37(26-23-35)54-45(61)34(6)52-46(62)41(32(3)4)55-39(59)21-16-15-18-33(5)58/h17,19-20,22-23,25-26,28,30,32,34,41-43,50H,15-16,18,21,24,27,29H2,1-14H3,(H,51,56)(H,52,62)(H,53,60)(H,54,61)(H,55,59)/t34?,41-,42?,43?/m0/s1. The fourth-order valence-electron chi connectivity index (χ4n) is 7.00. The highest BCUT2D eigenvalue weighted by molar-refractivity contribution is 5.98. The molecule has 348 valence electrons. The first kappa shape index (κ1) is 53.8. The van der Waals surface area contributed by atoms with E-state index >= 15 is 0 Å². The number of Topliss-reactive ketones (excluding diaryl/α,β-unsaturated/α-hetero) is 1. The quantitative estimate of drug-likeness (QED) is 0.0324. The smallest absolute Gasteiger partial charge is 0.246 e. The molecule has 6 N–H and O–H groups in total. The van der Waals surface area contributed by atoms with Gasteiger partial charge in [0, 0.05) is 56.7 Å². The second-order valence-electron chi connectivity index (χ2n) is 18.7. The van der Waals surface area contributed by atoms with E-state index in [0.717, 1.165) is 16.7 Å².